The third-order valence-electron chi connectivity index (χ3n) is 9.67. The van der Waals surface area contributed by atoms with E-state index < -0.39 is 0 Å². The molecule has 1 heterocycles. The first-order chi connectivity index (χ1) is 22.1. The Kier molecular flexibility index (Phi) is 5.78. The minimum atomic E-state index is -0.0703. The van der Waals surface area contributed by atoms with Crippen molar-refractivity contribution in [3.63, 3.8) is 0 Å². The second-order valence-corrected chi connectivity index (χ2v) is 13.6. The third-order valence-corrected chi connectivity index (χ3v) is 10.9. The number of thiophene rings is 1. The van der Waals surface area contributed by atoms with E-state index in [1.54, 1.807) is 0 Å². The maximum Gasteiger partial charge on any atom is 0.0540 e. The summed E-state index contributed by atoms with van der Waals surface area (Å²) in [5.41, 5.74) is 11.4. The third kappa shape index (κ3) is 3.99. The van der Waals surface area contributed by atoms with E-state index in [1.165, 1.54) is 75.7 Å². The fraction of sp³-hybridized carbons (Fsp3) is 0.0698. The molecule has 0 fully saturated rings. The quantitative estimate of drug-likeness (QED) is 0.196. The summed E-state index contributed by atoms with van der Waals surface area (Å²) >= 11 is 1.88. The smallest absolute Gasteiger partial charge is 0.0540 e. The fourth-order valence-corrected chi connectivity index (χ4v) is 8.66. The van der Waals surface area contributed by atoms with Gasteiger partial charge in [-0.15, -0.1) is 11.3 Å². The Morgan fingerprint density at radius 3 is 2.02 bits per heavy atom. The molecule has 45 heavy (non-hydrogen) atoms. The van der Waals surface area contributed by atoms with Gasteiger partial charge in [-0.05, 0) is 75.2 Å². The summed E-state index contributed by atoms with van der Waals surface area (Å²) < 4.78 is 2.68. The number of fused-ring (bicyclic) bond motifs is 7. The van der Waals surface area contributed by atoms with Gasteiger partial charge in [-0.3, -0.25) is 0 Å². The van der Waals surface area contributed by atoms with Crippen LogP contribution in [0.25, 0.3) is 53.2 Å². The van der Waals surface area contributed by atoms with Crippen LogP contribution in [0.2, 0.25) is 0 Å². The largest absolute Gasteiger partial charge is 0.310 e. The molecule has 8 aromatic rings. The molecule has 0 unspecified atom stereocenters. The van der Waals surface area contributed by atoms with E-state index in [-0.39, 0.29) is 5.41 Å². The van der Waals surface area contributed by atoms with Crippen molar-refractivity contribution < 1.29 is 0 Å². The Morgan fingerprint density at radius 1 is 0.489 bits per heavy atom. The molecule has 0 aliphatic heterocycles. The second kappa shape index (κ2) is 9.92. The van der Waals surface area contributed by atoms with E-state index in [0.717, 1.165) is 5.69 Å². The first-order valence-electron chi connectivity index (χ1n) is 15.6. The zero-order valence-corrected chi connectivity index (χ0v) is 26.1. The van der Waals surface area contributed by atoms with Gasteiger partial charge in [0.2, 0.25) is 0 Å². The number of hydrogen-bond donors (Lipinski definition) is 0. The van der Waals surface area contributed by atoms with Crippen molar-refractivity contribution in [3.8, 4) is 22.3 Å². The van der Waals surface area contributed by atoms with Crippen molar-refractivity contribution in [3.05, 3.63) is 163 Å². The highest BCUT2D eigenvalue weighted by Crippen LogP contribution is 2.51. The molecule has 214 valence electrons. The molecule has 0 saturated carbocycles. The topological polar surface area (TPSA) is 3.24 Å². The first kappa shape index (κ1) is 26.2. The van der Waals surface area contributed by atoms with E-state index >= 15 is 0 Å². The molecule has 0 N–H and O–H groups in total. The van der Waals surface area contributed by atoms with Gasteiger partial charge >= 0.3 is 0 Å². The van der Waals surface area contributed by atoms with Crippen LogP contribution in [0.4, 0.5) is 17.1 Å². The van der Waals surface area contributed by atoms with Crippen molar-refractivity contribution in [1.82, 2.24) is 0 Å². The summed E-state index contributed by atoms with van der Waals surface area (Å²) in [5, 5.41) is 5.14. The van der Waals surface area contributed by atoms with E-state index in [0.29, 0.717) is 0 Å². The lowest BCUT2D eigenvalue weighted by molar-refractivity contribution is 0.660. The molecule has 9 rings (SSSR count). The maximum atomic E-state index is 2.44. The van der Waals surface area contributed by atoms with Crippen molar-refractivity contribution in [2.24, 2.45) is 0 Å². The van der Waals surface area contributed by atoms with Gasteiger partial charge in [0.1, 0.15) is 0 Å². The lowest BCUT2D eigenvalue weighted by Crippen LogP contribution is -2.16. The average Bonchev–Trinajstić information content (AvgIpc) is 3.58. The monoisotopic (exact) mass is 593 g/mol. The average molecular weight is 594 g/mol. The Bertz CT molecular complexity index is 2410. The van der Waals surface area contributed by atoms with E-state index in [9.17, 15) is 0 Å². The molecule has 0 bridgehead atoms. The summed E-state index contributed by atoms with van der Waals surface area (Å²) in [5.74, 6) is 0. The van der Waals surface area contributed by atoms with Gasteiger partial charge in [0.25, 0.3) is 0 Å². The van der Waals surface area contributed by atoms with Gasteiger partial charge in [0.05, 0.1) is 5.69 Å². The summed E-state index contributed by atoms with van der Waals surface area (Å²) in [7, 11) is 0. The van der Waals surface area contributed by atoms with Gasteiger partial charge < -0.3 is 4.90 Å². The van der Waals surface area contributed by atoms with Crippen LogP contribution in [-0.4, -0.2) is 0 Å². The highest BCUT2D eigenvalue weighted by atomic mass is 32.1. The van der Waals surface area contributed by atoms with Gasteiger partial charge in [-0.25, -0.2) is 0 Å². The van der Waals surface area contributed by atoms with Gasteiger partial charge in [-0.2, -0.15) is 0 Å². The summed E-state index contributed by atoms with van der Waals surface area (Å²) in [6, 6.07) is 55.8. The molecule has 0 spiro atoms. The minimum Gasteiger partial charge on any atom is -0.310 e. The fourth-order valence-electron chi connectivity index (χ4n) is 7.43. The molecule has 0 atom stereocenters. The van der Waals surface area contributed by atoms with Crippen LogP contribution in [0, 0.1) is 0 Å². The molecule has 0 amide bonds. The zero-order chi connectivity index (χ0) is 30.1. The molecule has 2 heteroatoms. The van der Waals surface area contributed by atoms with Crippen LogP contribution in [0.3, 0.4) is 0 Å². The van der Waals surface area contributed by atoms with E-state index in [1.807, 2.05) is 11.3 Å². The first-order valence-corrected chi connectivity index (χ1v) is 16.4. The van der Waals surface area contributed by atoms with E-state index in [4.69, 9.17) is 0 Å². The number of nitrogens with zero attached hydrogens (tertiary/aromatic N) is 1. The molecule has 7 aromatic carbocycles. The van der Waals surface area contributed by atoms with Crippen LogP contribution in [0.5, 0.6) is 0 Å². The van der Waals surface area contributed by atoms with Crippen LogP contribution in [0.15, 0.2) is 152 Å². The number of anilines is 3. The molecule has 1 aliphatic rings. The molecule has 1 aliphatic carbocycles. The lowest BCUT2D eigenvalue weighted by Gasteiger charge is -2.29. The molecule has 0 radical (unpaired) electrons. The number of rotatable bonds is 4. The Labute approximate surface area is 267 Å². The predicted molar refractivity (Wildman–Crippen MR) is 195 cm³/mol. The number of hydrogen-bond acceptors (Lipinski definition) is 2. The SMILES string of the molecule is CC1(C)c2ccccc2-c2ccc(N(c3ccc(-c4cccc5c4sc4ccccc45)cc3)c3cccc4ccccc34)cc21. The molecule has 1 aromatic heterocycles. The summed E-state index contributed by atoms with van der Waals surface area (Å²) in [6.45, 7) is 4.71. The van der Waals surface area contributed by atoms with Crippen molar-refractivity contribution in [1.29, 1.82) is 0 Å². The van der Waals surface area contributed by atoms with Crippen LogP contribution >= 0.6 is 11.3 Å². The summed E-state index contributed by atoms with van der Waals surface area (Å²) in [6.07, 6.45) is 0. The van der Waals surface area contributed by atoms with Gasteiger partial charge in [0.15, 0.2) is 0 Å². The molecular formula is C43H31NS. The normalized spacial score (nSPS) is 13.3. The molecular weight excluding hydrogens is 563 g/mol. The number of benzene rings is 7. The van der Waals surface area contributed by atoms with Crippen LogP contribution < -0.4 is 4.90 Å². The standard InChI is InChI=1S/C43H31NS/c1-43(2)38-18-7-5-14-34(38)35-26-25-31(27-39(35)43)44(40-19-9-12-28-11-3-4-13-32(28)40)30-23-21-29(22-24-30)33-16-10-17-37-36-15-6-8-20-41(36)45-42(33)37/h3-27H,1-2H3. The van der Waals surface area contributed by atoms with Crippen LogP contribution in [0.1, 0.15) is 25.0 Å². The zero-order valence-electron chi connectivity index (χ0n) is 25.3. The van der Waals surface area contributed by atoms with Gasteiger partial charge in [-0.1, -0.05) is 129 Å². The lowest BCUT2D eigenvalue weighted by atomic mass is 9.82. The second-order valence-electron chi connectivity index (χ2n) is 12.6. The Hall–Kier alpha value is -5.18. The van der Waals surface area contributed by atoms with E-state index in [2.05, 4.69) is 170 Å². The highest BCUT2D eigenvalue weighted by molar-refractivity contribution is 7.26. The molecule has 0 saturated heterocycles. The maximum absolute atomic E-state index is 2.44. The van der Waals surface area contributed by atoms with Crippen molar-refractivity contribution in [2.75, 3.05) is 4.90 Å². The summed E-state index contributed by atoms with van der Waals surface area (Å²) in [4.78, 5) is 2.44. The minimum absolute atomic E-state index is 0.0703. The van der Waals surface area contributed by atoms with Gasteiger partial charge in [0, 0.05) is 42.3 Å². The Morgan fingerprint density at radius 2 is 1.13 bits per heavy atom. The van der Waals surface area contributed by atoms with Crippen molar-refractivity contribution in [2.45, 2.75) is 19.3 Å². The highest BCUT2D eigenvalue weighted by Gasteiger charge is 2.35. The van der Waals surface area contributed by atoms with Crippen LogP contribution in [-0.2, 0) is 5.41 Å². The van der Waals surface area contributed by atoms with Crippen molar-refractivity contribution >= 4 is 59.3 Å². The predicted octanol–water partition coefficient (Wildman–Crippen LogP) is 12.7. The Balaban J connectivity index is 1.21. The molecule has 1 nitrogen and oxygen atoms in total.